The number of hydrogen-bond acceptors (Lipinski definition) is 3. The summed E-state index contributed by atoms with van der Waals surface area (Å²) in [4.78, 5) is 15.0. The first kappa shape index (κ1) is 15.3. The number of fused-ring (bicyclic) bond motifs is 1. The third-order valence-electron chi connectivity index (χ3n) is 4.82. The van der Waals surface area contributed by atoms with Gasteiger partial charge in [0.2, 0.25) is 0 Å². The highest BCUT2D eigenvalue weighted by atomic mass is 16.1. The summed E-state index contributed by atoms with van der Waals surface area (Å²) in [6.07, 6.45) is 4.80. The SMILES string of the molecule is CN1CCC(C(=O)/C=C2/NC(C)(C)Cc3ccccc32)CC1. The minimum Gasteiger partial charge on any atom is -0.379 e. The summed E-state index contributed by atoms with van der Waals surface area (Å²) in [5.74, 6) is 0.464. The molecule has 2 aliphatic rings. The van der Waals surface area contributed by atoms with Crippen molar-refractivity contribution in [2.75, 3.05) is 20.1 Å². The Morgan fingerprint density at radius 3 is 2.68 bits per heavy atom. The molecule has 1 aromatic carbocycles. The Morgan fingerprint density at radius 1 is 1.27 bits per heavy atom. The minimum atomic E-state index is -0.00670. The van der Waals surface area contributed by atoms with Gasteiger partial charge in [0.25, 0.3) is 0 Å². The van der Waals surface area contributed by atoms with Crippen molar-refractivity contribution in [1.82, 2.24) is 10.2 Å². The molecular formula is C19H26N2O. The molecule has 0 saturated carbocycles. The summed E-state index contributed by atoms with van der Waals surface area (Å²) < 4.78 is 0. The summed E-state index contributed by atoms with van der Waals surface area (Å²) in [6.45, 7) is 6.43. The number of benzene rings is 1. The van der Waals surface area contributed by atoms with Gasteiger partial charge in [0, 0.05) is 28.8 Å². The van der Waals surface area contributed by atoms with Crippen molar-refractivity contribution in [2.24, 2.45) is 5.92 Å². The lowest BCUT2D eigenvalue weighted by Crippen LogP contribution is -2.44. The van der Waals surface area contributed by atoms with E-state index in [-0.39, 0.29) is 17.2 Å². The van der Waals surface area contributed by atoms with Crippen LogP contribution in [0.25, 0.3) is 5.70 Å². The second-order valence-corrected chi connectivity index (χ2v) is 7.38. The van der Waals surface area contributed by atoms with E-state index in [0.717, 1.165) is 38.0 Å². The van der Waals surface area contributed by atoms with Gasteiger partial charge in [-0.05, 0) is 58.8 Å². The number of piperidine rings is 1. The van der Waals surface area contributed by atoms with E-state index in [0.29, 0.717) is 0 Å². The van der Waals surface area contributed by atoms with Crippen LogP contribution in [0.5, 0.6) is 0 Å². The van der Waals surface area contributed by atoms with Crippen molar-refractivity contribution in [3.63, 3.8) is 0 Å². The molecule has 0 unspecified atom stereocenters. The van der Waals surface area contributed by atoms with Gasteiger partial charge in [-0.1, -0.05) is 24.3 Å². The average molecular weight is 298 g/mol. The monoisotopic (exact) mass is 298 g/mol. The number of nitrogens with one attached hydrogen (secondary N) is 1. The Balaban J connectivity index is 1.85. The number of hydrogen-bond donors (Lipinski definition) is 1. The third kappa shape index (κ3) is 3.25. The maximum atomic E-state index is 12.7. The van der Waals surface area contributed by atoms with Crippen molar-refractivity contribution >= 4 is 11.5 Å². The van der Waals surface area contributed by atoms with E-state index < -0.39 is 0 Å². The molecular weight excluding hydrogens is 272 g/mol. The lowest BCUT2D eigenvalue weighted by Gasteiger charge is -2.36. The van der Waals surface area contributed by atoms with Gasteiger partial charge in [0.1, 0.15) is 0 Å². The summed E-state index contributed by atoms with van der Waals surface area (Å²) in [6, 6.07) is 8.42. The van der Waals surface area contributed by atoms with Gasteiger partial charge in [0.05, 0.1) is 0 Å². The van der Waals surface area contributed by atoms with Crippen molar-refractivity contribution in [1.29, 1.82) is 0 Å². The maximum absolute atomic E-state index is 12.7. The van der Waals surface area contributed by atoms with Crippen LogP contribution >= 0.6 is 0 Å². The fraction of sp³-hybridized carbons (Fsp3) is 0.526. The molecule has 1 aromatic rings. The van der Waals surface area contributed by atoms with Crippen LogP contribution < -0.4 is 5.32 Å². The second-order valence-electron chi connectivity index (χ2n) is 7.38. The van der Waals surface area contributed by atoms with Gasteiger partial charge in [-0.15, -0.1) is 0 Å². The molecule has 0 radical (unpaired) electrons. The molecule has 0 spiro atoms. The van der Waals surface area contributed by atoms with Crippen molar-refractivity contribution < 1.29 is 4.79 Å². The summed E-state index contributed by atoms with van der Waals surface area (Å²) in [7, 11) is 2.13. The van der Waals surface area contributed by atoms with E-state index in [2.05, 4.69) is 49.3 Å². The Morgan fingerprint density at radius 2 is 1.95 bits per heavy atom. The standard InChI is InChI=1S/C19H26N2O/c1-19(2)13-15-6-4-5-7-16(15)17(20-19)12-18(22)14-8-10-21(3)11-9-14/h4-7,12,14,20H,8-11,13H2,1-3H3/b17-12+. The topological polar surface area (TPSA) is 32.3 Å². The van der Waals surface area contributed by atoms with Gasteiger partial charge in [-0.3, -0.25) is 4.79 Å². The summed E-state index contributed by atoms with van der Waals surface area (Å²) >= 11 is 0. The van der Waals surface area contributed by atoms with Crippen LogP contribution in [-0.4, -0.2) is 36.4 Å². The maximum Gasteiger partial charge on any atom is 0.160 e. The molecule has 0 bridgehead atoms. The van der Waals surface area contributed by atoms with E-state index in [4.69, 9.17) is 0 Å². The van der Waals surface area contributed by atoms with Crippen LogP contribution in [0.2, 0.25) is 0 Å². The molecule has 2 heterocycles. The second kappa shape index (κ2) is 5.88. The molecule has 1 saturated heterocycles. The van der Waals surface area contributed by atoms with E-state index >= 15 is 0 Å². The number of allylic oxidation sites excluding steroid dienone is 1. The molecule has 3 nitrogen and oxygen atoms in total. The zero-order chi connectivity index (χ0) is 15.7. The molecule has 2 aliphatic heterocycles. The number of carbonyl (C=O) groups excluding carboxylic acids is 1. The lowest BCUT2D eigenvalue weighted by atomic mass is 9.84. The van der Waals surface area contributed by atoms with Crippen LogP contribution in [0, 0.1) is 5.92 Å². The quantitative estimate of drug-likeness (QED) is 0.852. The molecule has 3 heteroatoms. The Labute approximate surface area is 133 Å². The number of rotatable bonds is 2. The Kier molecular flexibility index (Phi) is 4.09. The zero-order valence-electron chi connectivity index (χ0n) is 13.9. The molecule has 1 N–H and O–H groups in total. The van der Waals surface area contributed by atoms with Gasteiger partial charge >= 0.3 is 0 Å². The lowest BCUT2D eigenvalue weighted by molar-refractivity contribution is -0.119. The largest absolute Gasteiger partial charge is 0.379 e. The minimum absolute atomic E-state index is 0.00670. The zero-order valence-corrected chi connectivity index (χ0v) is 13.9. The van der Waals surface area contributed by atoms with E-state index in [9.17, 15) is 4.79 Å². The van der Waals surface area contributed by atoms with E-state index in [1.165, 1.54) is 11.1 Å². The normalized spacial score (nSPS) is 23.9. The predicted octanol–water partition coefficient (Wildman–Crippen LogP) is 2.86. The molecule has 0 aliphatic carbocycles. The predicted molar refractivity (Wildman–Crippen MR) is 90.6 cm³/mol. The molecule has 3 rings (SSSR count). The first-order chi connectivity index (χ1) is 10.4. The van der Waals surface area contributed by atoms with Crippen LogP contribution in [0.3, 0.4) is 0 Å². The molecule has 22 heavy (non-hydrogen) atoms. The summed E-state index contributed by atoms with van der Waals surface area (Å²) in [5, 5.41) is 3.56. The first-order valence-corrected chi connectivity index (χ1v) is 8.25. The van der Waals surface area contributed by atoms with Crippen LogP contribution in [-0.2, 0) is 11.2 Å². The molecule has 0 amide bonds. The van der Waals surface area contributed by atoms with Crippen LogP contribution in [0.15, 0.2) is 30.3 Å². The van der Waals surface area contributed by atoms with E-state index in [1.807, 2.05) is 12.1 Å². The summed E-state index contributed by atoms with van der Waals surface area (Å²) in [5.41, 5.74) is 3.50. The number of nitrogens with zero attached hydrogens (tertiary/aromatic N) is 1. The van der Waals surface area contributed by atoms with Crippen LogP contribution in [0.4, 0.5) is 0 Å². The fourth-order valence-electron chi connectivity index (χ4n) is 3.56. The highest BCUT2D eigenvalue weighted by molar-refractivity contribution is 5.98. The van der Waals surface area contributed by atoms with Crippen molar-refractivity contribution in [3.8, 4) is 0 Å². The first-order valence-electron chi connectivity index (χ1n) is 8.25. The molecule has 118 valence electrons. The average Bonchev–Trinajstić information content (AvgIpc) is 2.46. The van der Waals surface area contributed by atoms with Gasteiger partial charge in [-0.2, -0.15) is 0 Å². The highest BCUT2D eigenvalue weighted by Crippen LogP contribution is 2.30. The number of likely N-dealkylation sites (tertiary alicyclic amines) is 1. The van der Waals surface area contributed by atoms with Crippen molar-refractivity contribution in [2.45, 2.75) is 38.6 Å². The van der Waals surface area contributed by atoms with Crippen molar-refractivity contribution in [3.05, 3.63) is 41.5 Å². The highest BCUT2D eigenvalue weighted by Gasteiger charge is 2.29. The number of ketones is 1. The molecule has 0 aromatic heterocycles. The molecule has 0 atom stereocenters. The van der Waals surface area contributed by atoms with Crippen LogP contribution in [0.1, 0.15) is 37.8 Å². The fourth-order valence-corrected chi connectivity index (χ4v) is 3.56. The third-order valence-corrected chi connectivity index (χ3v) is 4.82. The van der Waals surface area contributed by atoms with Gasteiger partial charge in [0.15, 0.2) is 5.78 Å². The van der Waals surface area contributed by atoms with E-state index in [1.54, 1.807) is 0 Å². The molecule has 1 fully saturated rings. The smallest absolute Gasteiger partial charge is 0.160 e. The van der Waals surface area contributed by atoms with Gasteiger partial charge in [-0.25, -0.2) is 0 Å². The Hall–Kier alpha value is -1.61. The van der Waals surface area contributed by atoms with Gasteiger partial charge < -0.3 is 10.2 Å². The Bertz CT molecular complexity index is 595. The number of carbonyl (C=O) groups is 1.